The quantitative estimate of drug-likeness (QED) is 0.358. The standard InChI is InChI=1S/C22H19F5N6O2S/c1-12(21(35,9-33-11-28-10-29-33)14-4-3-13(23)7-15(14)24)30-20(34)18-6-5-17(36-18)16-8-19(22(25,26)27)31-32(16)2/h3-8,10-12,35H,9H2,1-2H3,(H,30,34). The van der Waals surface area contributed by atoms with E-state index < -0.39 is 41.1 Å². The molecular formula is C22H19F5N6O2S. The zero-order chi connectivity index (χ0) is 26.3. The summed E-state index contributed by atoms with van der Waals surface area (Å²) in [5.41, 5.74) is -3.23. The van der Waals surface area contributed by atoms with Gasteiger partial charge in [-0.2, -0.15) is 23.4 Å². The first-order valence-electron chi connectivity index (χ1n) is 10.4. The second kappa shape index (κ2) is 9.43. The van der Waals surface area contributed by atoms with E-state index in [1.165, 1.54) is 43.4 Å². The lowest BCUT2D eigenvalue weighted by Gasteiger charge is -2.35. The van der Waals surface area contributed by atoms with E-state index in [0.717, 1.165) is 34.2 Å². The van der Waals surface area contributed by atoms with Crippen LogP contribution in [0.4, 0.5) is 22.0 Å². The minimum absolute atomic E-state index is 0.134. The fourth-order valence-corrected chi connectivity index (χ4v) is 4.63. The molecule has 0 bridgehead atoms. The Bertz CT molecular complexity index is 1380. The van der Waals surface area contributed by atoms with E-state index in [2.05, 4.69) is 20.5 Å². The van der Waals surface area contributed by atoms with Crippen LogP contribution in [0.15, 0.2) is 49.1 Å². The zero-order valence-electron chi connectivity index (χ0n) is 18.8. The number of nitrogens with one attached hydrogen (secondary N) is 1. The first kappa shape index (κ1) is 25.4. The van der Waals surface area contributed by atoms with Crippen molar-refractivity contribution in [3.8, 4) is 10.6 Å². The summed E-state index contributed by atoms with van der Waals surface area (Å²) in [4.78, 5) is 17.2. The minimum atomic E-state index is -4.62. The summed E-state index contributed by atoms with van der Waals surface area (Å²) < 4.78 is 69.4. The fraction of sp³-hybridized carbons (Fsp3) is 0.273. The summed E-state index contributed by atoms with van der Waals surface area (Å²) in [6, 6.07) is 5.32. The summed E-state index contributed by atoms with van der Waals surface area (Å²) >= 11 is 0.918. The van der Waals surface area contributed by atoms with Crippen LogP contribution in [0.5, 0.6) is 0 Å². The maximum atomic E-state index is 14.7. The topological polar surface area (TPSA) is 97.9 Å². The van der Waals surface area contributed by atoms with Gasteiger partial charge >= 0.3 is 6.18 Å². The summed E-state index contributed by atoms with van der Waals surface area (Å²) in [5, 5.41) is 21.5. The zero-order valence-corrected chi connectivity index (χ0v) is 19.6. The Hall–Kier alpha value is -3.65. The van der Waals surface area contributed by atoms with Crippen molar-refractivity contribution >= 4 is 17.2 Å². The van der Waals surface area contributed by atoms with Crippen LogP contribution < -0.4 is 5.32 Å². The first-order chi connectivity index (χ1) is 16.9. The molecule has 2 N–H and O–H groups in total. The van der Waals surface area contributed by atoms with Gasteiger partial charge in [-0.05, 0) is 31.2 Å². The Morgan fingerprint density at radius 3 is 2.56 bits per heavy atom. The Balaban J connectivity index is 1.60. The molecule has 0 aliphatic rings. The van der Waals surface area contributed by atoms with E-state index in [-0.39, 0.29) is 22.7 Å². The number of hydrogen-bond acceptors (Lipinski definition) is 6. The Morgan fingerprint density at radius 2 is 1.94 bits per heavy atom. The largest absolute Gasteiger partial charge is 0.435 e. The number of aromatic nitrogens is 5. The third kappa shape index (κ3) is 4.99. The highest BCUT2D eigenvalue weighted by atomic mass is 32.1. The lowest BCUT2D eigenvalue weighted by molar-refractivity contribution is -0.141. The van der Waals surface area contributed by atoms with Gasteiger partial charge in [0, 0.05) is 18.7 Å². The van der Waals surface area contributed by atoms with E-state index in [9.17, 15) is 31.9 Å². The molecule has 36 heavy (non-hydrogen) atoms. The highest BCUT2D eigenvalue weighted by molar-refractivity contribution is 7.17. The summed E-state index contributed by atoms with van der Waals surface area (Å²) in [6.45, 7) is 1.12. The number of hydrogen-bond donors (Lipinski definition) is 2. The maximum Gasteiger partial charge on any atom is 0.435 e. The van der Waals surface area contributed by atoms with Crippen molar-refractivity contribution in [2.75, 3.05) is 0 Å². The molecule has 8 nitrogen and oxygen atoms in total. The maximum absolute atomic E-state index is 14.7. The van der Waals surface area contributed by atoms with E-state index in [0.29, 0.717) is 10.9 Å². The second-order valence-corrected chi connectivity index (χ2v) is 9.12. The number of rotatable bonds is 7. The monoisotopic (exact) mass is 526 g/mol. The molecule has 0 saturated heterocycles. The van der Waals surface area contributed by atoms with Crippen LogP contribution in [-0.4, -0.2) is 41.6 Å². The summed E-state index contributed by atoms with van der Waals surface area (Å²) in [6.07, 6.45) is -2.12. The van der Waals surface area contributed by atoms with Gasteiger partial charge in [0.05, 0.1) is 28.0 Å². The van der Waals surface area contributed by atoms with Crippen molar-refractivity contribution in [2.24, 2.45) is 7.05 Å². The van der Waals surface area contributed by atoms with Gasteiger partial charge in [0.1, 0.15) is 29.9 Å². The number of carbonyl (C=O) groups excluding carboxylic acids is 1. The lowest BCUT2D eigenvalue weighted by Crippen LogP contribution is -2.51. The number of aliphatic hydroxyl groups is 1. The molecule has 0 aliphatic carbocycles. The van der Waals surface area contributed by atoms with Crippen LogP contribution >= 0.6 is 11.3 Å². The number of thiophene rings is 1. The van der Waals surface area contributed by atoms with Gasteiger partial charge in [-0.15, -0.1) is 11.3 Å². The number of benzene rings is 1. The van der Waals surface area contributed by atoms with Crippen molar-refractivity contribution in [3.63, 3.8) is 0 Å². The van der Waals surface area contributed by atoms with Gasteiger partial charge in [0.2, 0.25) is 0 Å². The molecule has 14 heteroatoms. The van der Waals surface area contributed by atoms with Crippen LogP contribution in [-0.2, 0) is 25.4 Å². The third-order valence-corrected chi connectivity index (χ3v) is 6.69. The highest BCUT2D eigenvalue weighted by Crippen LogP contribution is 2.35. The molecule has 2 unspecified atom stereocenters. The van der Waals surface area contributed by atoms with E-state index in [4.69, 9.17) is 0 Å². The predicted octanol–water partition coefficient (Wildman–Crippen LogP) is 3.74. The molecule has 3 aromatic heterocycles. The number of aryl methyl sites for hydroxylation is 1. The molecule has 4 aromatic rings. The van der Waals surface area contributed by atoms with Crippen LogP contribution in [0.2, 0.25) is 0 Å². The smallest absolute Gasteiger partial charge is 0.381 e. The van der Waals surface area contributed by atoms with Gasteiger partial charge in [-0.25, -0.2) is 18.4 Å². The van der Waals surface area contributed by atoms with Crippen molar-refractivity contribution < 1.29 is 31.9 Å². The fourth-order valence-electron chi connectivity index (χ4n) is 3.68. The van der Waals surface area contributed by atoms with Gasteiger partial charge in [0.15, 0.2) is 5.69 Å². The van der Waals surface area contributed by atoms with Gasteiger partial charge < -0.3 is 10.4 Å². The molecule has 0 saturated carbocycles. The van der Waals surface area contributed by atoms with Gasteiger partial charge in [-0.3, -0.25) is 9.48 Å². The normalized spacial score (nSPS) is 14.4. The molecule has 2 atom stereocenters. The molecular weight excluding hydrogens is 507 g/mol. The van der Waals surface area contributed by atoms with Crippen LogP contribution in [0.25, 0.3) is 10.6 Å². The molecule has 0 radical (unpaired) electrons. The average Bonchev–Trinajstić information content (AvgIpc) is 3.53. The molecule has 1 amide bonds. The molecule has 4 rings (SSSR count). The van der Waals surface area contributed by atoms with Crippen molar-refractivity contribution in [1.29, 1.82) is 0 Å². The van der Waals surface area contributed by atoms with Crippen molar-refractivity contribution in [1.82, 2.24) is 29.9 Å². The number of carbonyl (C=O) groups is 1. The molecule has 190 valence electrons. The Morgan fingerprint density at radius 1 is 1.19 bits per heavy atom. The van der Waals surface area contributed by atoms with Gasteiger partial charge in [0.25, 0.3) is 5.91 Å². The Labute approximate surface area is 205 Å². The van der Waals surface area contributed by atoms with E-state index >= 15 is 0 Å². The molecule has 0 spiro atoms. The third-order valence-electron chi connectivity index (χ3n) is 5.58. The van der Waals surface area contributed by atoms with Crippen LogP contribution in [0.3, 0.4) is 0 Å². The highest BCUT2D eigenvalue weighted by Gasteiger charge is 2.40. The second-order valence-electron chi connectivity index (χ2n) is 8.04. The van der Waals surface area contributed by atoms with Crippen molar-refractivity contribution in [2.45, 2.75) is 31.3 Å². The van der Waals surface area contributed by atoms with Crippen LogP contribution in [0.1, 0.15) is 27.9 Å². The predicted molar refractivity (Wildman–Crippen MR) is 119 cm³/mol. The molecule has 0 aliphatic heterocycles. The van der Waals surface area contributed by atoms with E-state index in [1.807, 2.05) is 0 Å². The summed E-state index contributed by atoms with van der Waals surface area (Å²) in [5.74, 6) is -2.52. The van der Waals surface area contributed by atoms with Crippen molar-refractivity contribution in [3.05, 3.63) is 76.8 Å². The molecule has 0 fully saturated rings. The van der Waals surface area contributed by atoms with Crippen LogP contribution in [0, 0.1) is 11.6 Å². The molecule has 1 aromatic carbocycles. The lowest BCUT2D eigenvalue weighted by atomic mass is 9.86. The minimum Gasteiger partial charge on any atom is -0.381 e. The summed E-state index contributed by atoms with van der Waals surface area (Å²) in [7, 11) is 1.35. The number of halogens is 5. The average molecular weight is 526 g/mol. The van der Waals surface area contributed by atoms with E-state index in [1.54, 1.807) is 0 Å². The number of alkyl halides is 3. The Kier molecular flexibility index (Phi) is 6.66. The SMILES string of the molecule is CC(NC(=O)c1ccc(-c2cc(C(F)(F)F)nn2C)s1)C(O)(Cn1cncn1)c1ccc(F)cc1F. The molecule has 3 heterocycles. The van der Waals surface area contributed by atoms with Gasteiger partial charge in [-0.1, -0.05) is 6.07 Å². The first-order valence-corrected chi connectivity index (χ1v) is 11.2. The number of nitrogens with zero attached hydrogens (tertiary/aromatic N) is 5. The number of amides is 1.